The predicted octanol–water partition coefficient (Wildman–Crippen LogP) is 27.2. The van der Waals surface area contributed by atoms with Crippen LogP contribution in [0.3, 0.4) is 0 Å². The van der Waals surface area contributed by atoms with Crippen molar-refractivity contribution in [3.05, 3.63) is 445 Å². The molecular formula is C112H66N8O2. The molecule has 0 radical (unpaired) electrons. The molecule has 0 N–H and O–H groups in total. The summed E-state index contributed by atoms with van der Waals surface area (Å²) in [6, 6.07) is 144. The van der Waals surface area contributed by atoms with Gasteiger partial charge in [0, 0.05) is 99.4 Å². The Morgan fingerprint density at radius 2 is 0.656 bits per heavy atom. The summed E-state index contributed by atoms with van der Waals surface area (Å²) in [7, 11) is 0. The van der Waals surface area contributed by atoms with E-state index in [0.717, 1.165) is 183 Å². The molecule has 1 unspecified atom stereocenters. The third kappa shape index (κ3) is 9.65. The van der Waals surface area contributed by atoms with Gasteiger partial charge < -0.3 is 18.6 Å². The largest absolute Gasteiger partial charge is 0.457 e. The molecule has 6 heterocycles. The van der Waals surface area contributed by atoms with E-state index < -0.39 is 10.8 Å². The fraction of sp³-hybridized carbons (Fsp3) is 0.0179. The van der Waals surface area contributed by atoms with Crippen molar-refractivity contribution in [1.29, 1.82) is 0 Å². The van der Waals surface area contributed by atoms with Crippen LogP contribution in [0.25, 0.3) is 178 Å². The van der Waals surface area contributed by atoms with Crippen LogP contribution in [0.1, 0.15) is 44.5 Å². The normalized spacial score (nSPS) is 14.1. The standard InChI is InChI=1S/C112H66N8O2/c1-4-30-68(31-5-1)105-113-106(69-32-6-2-7-33-69)116-109(115-105)82-44-27-54-94-100(82)81-61-59-67-29-12-13-40-76(67)103(81)120(94)95-55-28-51-90-102(95)80-42-15-17-47-86(80)112(90)89-50-20-23-58-99(89)122-104-77(43-25-52-91(104)112)73-38-24-39-74(63-73)108-114-107(70-34-8-3-9-35-70)117-110(118-108)83-45-26-53-93-101(83)84-64-71-36-10-11-37-72(71)65-96(84)119(93)75-60-62-79-78-41-14-16-46-85(78)111(92(79)66-75)87-48-18-21-56-97(87)121-98-57-22-19-49-88(98)111/h1-66H. The van der Waals surface area contributed by atoms with Gasteiger partial charge in [-0.3, -0.25) is 0 Å². The van der Waals surface area contributed by atoms with Gasteiger partial charge in [0.05, 0.1) is 38.6 Å². The number of hydrogen-bond donors (Lipinski definition) is 0. The monoisotopic (exact) mass is 1550 g/mol. The average Bonchev–Trinajstić information content (AvgIpc) is 1.49. The van der Waals surface area contributed by atoms with Crippen LogP contribution in [0, 0.1) is 0 Å². The molecule has 18 aromatic carbocycles. The molecule has 566 valence electrons. The predicted molar refractivity (Wildman–Crippen MR) is 490 cm³/mol. The van der Waals surface area contributed by atoms with Crippen molar-refractivity contribution in [2.24, 2.45) is 0 Å². The van der Waals surface area contributed by atoms with Gasteiger partial charge in [0.25, 0.3) is 0 Å². The van der Waals surface area contributed by atoms with Crippen molar-refractivity contribution in [2.75, 3.05) is 0 Å². The first-order valence-electron chi connectivity index (χ1n) is 41.5. The van der Waals surface area contributed by atoms with Crippen molar-refractivity contribution < 1.29 is 9.47 Å². The van der Waals surface area contributed by atoms with Gasteiger partial charge in [0.2, 0.25) is 0 Å². The fourth-order valence-electron chi connectivity index (χ4n) is 20.9. The first-order chi connectivity index (χ1) is 60.5. The number of aromatic nitrogens is 8. The summed E-state index contributed by atoms with van der Waals surface area (Å²) in [5, 5.41) is 8.80. The Hall–Kier alpha value is -16.3. The van der Waals surface area contributed by atoms with Crippen molar-refractivity contribution >= 4 is 65.2 Å². The van der Waals surface area contributed by atoms with E-state index >= 15 is 0 Å². The highest BCUT2D eigenvalue weighted by molar-refractivity contribution is 6.23. The number of fused-ring (bicyclic) bond motifs is 27. The van der Waals surface area contributed by atoms with Gasteiger partial charge in [-0.1, -0.05) is 334 Å². The van der Waals surface area contributed by atoms with E-state index in [0.29, 0.717) is 34.9 Å². The molecular weight excluding hydrogens is 1490 g/mol. The lowest BCUT2D eigenvalue weighted by Crippen LogP contribution is -2.32. The second-order valence-electron chi connectivity index (χ2n) is 32.2. The van der Waals surface area contributed by atoms with E-state index in [9.17, 15) is 0 Å². The van der Waals surface area contributed by atoms with Gasteiger partial charge in [-0.2, -0.15) is 0 Å². The molecule has 22 aromatic rings. The Balaban J connectivity index is 0.647. The molecule has 10 heteroatoms. The first-order valence-corrected chi connectivity index (χ1v) is 41.5. The van der Waals surface area contributed by atoms with Gasteiger partial charge >= 0.3 is 0 Å². The SMILES string of the molecule is c1ccc(-c2nc(-c3cccc(-c4cccc5c4Oc4ccccc4C54c5ccccc5-c5c(-n6c7cccc(-c8nc(-c9ccccc9)nc(-c9ccccc9)n8)c7c7ccc8ccccc8c76)cccc54)c3)nc(-c3cccc4c3c3cc5ccccc5cc3n4-c3ccc4c(c3)C3(c5ccccc5Oc5ccccc53)c3ccccc3-4)n2)cc1. The van der Waals surface area contributed by atoms with E-state index in [1.165, 1.54) is 27.8 Å². The fourth-order valence-corrected chi connectivity index (χ4v) is 20.9. The first kappa shape index (κ1) is 67.8. The molecule has 0 fully saturated rings. The molecule has 0 bridgehead atoms. The van der Waals surface area contributed by atoms with Crippen LogP contribution in [0.2, 0.25) is 0 Å². The van der Waals surface area contributed by atoms with Crippen LogP contribution >= 0.6 is 0 Å². The topological polar surface area (TPSA) is 106 Å². The maximum absolute atomic E-state index is 7.53. The summed E-state index contributed by atoms with van der Waals surface area (Å²) < 4.78 is 19.3. The van der Waals surface area contributed by atoms with E-state index in [2.05, 4.69) is 355 Å². The number of para-hydroxylation sites is 4. The Bertz CT molecular complexity index is 8130. The summed E-state index contributed by atoms with van der Waals surface area (Å²) in [6.07, 6.45) is 0. The minimum absolute atomic E-state index is 0.535. The zero-order chi connectivity index (χ0) is 79.9. The zero-order valence-electron chi connectivity index (χ0n) is 65.5. The van der Waals surface area contributed by atoms with Crippen molar-refractivity contribution in [3.63, 3.8) is 0 Å². The molecule has 4 aromatic heterocycles. The second kappa shape index (κ2) is 26.1. The number of hydrogen-bond acceptors (Lipinski definition) is 8. The summed E-state index contributed by atoms with van der Waals surface area (Å²) >= 11 is 0. The molecule has 10 nitrogen and oxygen atoms in total. The van der Waals surface area contributed by atoms with Crippen LogP contribution in [0.15, 0.2) is 400 Å². The summed E-state index contributed by atoms with van der Waals surface area (Å²) in [5.74, 6) is 6.72. The summed E-state index contributed by atoms with van der Waals surface area (Å²) in [6.45, 7) is 0. The van der Waals surface area contributed by atoms with Crippen LogP contribution < -0.4 is 9.47 Å². The van der Waals surface area contributed by atoms with Crippen LogP contribution in [0.5, 0.6) is 23.0 Å². The number of benzene rings is 18. The molecule has 2 aliphatic heterocycles. The van der Waals surface area contributed by atoms with Gasteiger partial charge in [-0.15, -0.1) is 0 Å². The average molecular weight is 1560 g/mol. The van der Waals surface area contributed by atoms with Crippen molar-refractivity contribution in [3.8, 4) is 136 Å². The molecule has 0 saturated heterocycles. The summed E-state index contributed by atoms with van der Waals surface area (Å²) in [5.41, 5.74) is 25.7. The lowest BCUT2D eigenvalue weighted by atomic mass is 9.65. The van der Waals surface area contributed by atoms with Crippen LogP contribution in [-0.2, 0) is 10.8 Å². The van der Waals surface area contributed by atoms with Gasteiger partial charge in [0.1, 0.15) is 23.0 Å². The lowest BCUT2D eigenvalue weighted by molar-refractivity contribution is 0.436. The Kier molecular flexibility index (Phi) is 14.5. The van der Waals surface area contributed by atoms with E-state index in [1.54, 1.807) is 0 Å². The van der Waals surface area contributed by atoms with E-state index in [-0.39, 0.29) is 0 Å². The zero-order valence-corrected chi connectivity index (χ0v) is 65.5. The van der Waals surface area contributed by atoms with E-state index in [1.807, 2.05) is 54.6 Å². The maximum Gasteiger partial charge on any atom is 0.164 e. The van der Waals surface area contributed by atoms with Gasteiger partial charge in [0.15, 0.2) is 34.9 Å². The molecule has 0 saturated carbocycles. The Labute approximate surface area is 700 Å². The molecule has 4 aliphatic rings. The van der Waals surface area contributed by atoms with Crippen molar-refractivity contribution in [2.45, 2.75) is 10.8 Å². The number of nitrogens with zero attached hydrogens (tertiary/aromatic N) is 8. The minimum atomic E-state index is -0.861. The smallest absolute Gasteiger partial charge is 0.164 e. The van der Waals surface area contributed by atoms with Crippen LogP contribution in [0.4, 0.5) is 0 Å². The quantitative estimate of drug-likeness (QED) is 0.141. The maximum atomic E-state index is 7.53. The Morgan fingerprint density at radius 1 is 0.221 bits per heavy atom. The van der Waals surface area contributed by atoms with Gasteiger partial charge in [-0.25, -0.2) is 29.9 Å². The molecule has 26 rings (SSSR count). The molecule has 122 heavy (non-hydrogen) atoms. The summed E-state index contributed by atoms with van der Waals surface area (Å²) in [4.78, 5) is 32.6. The molecule has 2 aliphatic carbocycles. The highest BCUT2D eigenvalue weighted by Gasteiger charge is 2.54. The third-order valence-electron chi connectivity index (χ3n) is 25.9. The molecule has 0 amide bonds. The Morgan fingerprint density at radius 3 is 1.30 bits per heavy atom. The number of ether oxygens (including phenoxy) is 2. The highest BCUT2D eigenvalue weighted by Crippen LogP contribution is 2.66. The van der Waals surface area contributed by atoms with Gasteiger partial charge in [-0.05, 0) is 127 Å². The van der Waals surface area contributed by atoms with Crippen molar-refractivity contribution in [1.82, 2.24) is 39.0 Å². The minimum Gasteiger partial charge on any atom is -0.457 e. The van der Waals surface area contributed by atoms with Crippen LogP contribution in [-0.4, -0.2) is 39.0 Å². The highest BCUT2D eigenvalue weighted by atomic mass is 16.5. The lowest BCUT2D eigenvalue weighted by Gasteiger charge is -2.40. The number of rotatable bonds is 9. The van der Waals surface area contributed by atoms with E-state index in [4.69, 9.17) is 39.4 Å². The molecule has 1 atom stereocenters. The molecule has 2 spiro atoms. The third-order valence-corrected chi connectivity index (χ3v) is 25.9. The second-order valence-corrected chi connectivity index (χ2v) is 32.2.